The number of methoxy groups -OCH3 is 1. The molecule has 0 radical (unpaired) electrons. The van der Waals surface area contributed by atoms with Crippen molar-refractivity contribution in [3.8, 4) is 11.5 Å². The number of allylic oxidation sites excluding steroid dienone is 3. The molecular formula is C15H15NO5. The van der Waals surface area contributed by atoms with Gasteiger partial charge in [-0.15, -0.1) is 0 Å². The summed E-state index contributed by atoms with van der Waals surface area (Å²) in [4.78, 5) is 22.7. The molecule has 1 aromatic rings. The van der Waals surface area contributed by atoms with E-state index in [2.05, 4.69) is 10.1 Å². The molecule has 0 fully saturated rings. The summed E-state index contributed by atoms with van der Waals surface area (Å²) in [6.45, 7) is 1.98. The van der Waals surface area contributed by atoms with Crippen LogP contribution in [0, 0.1) is 0 Å². The van der Waals surface area contributed by atoms with E-state index >= 15 is 0 Å². The zero-order chi connectivity index (χ0) is 15.2. The Morgan fingerprint density at radius 2 is 1.86 bits per heavy atom. The maximum Gasteiger partial charge on any atom is 0.513 e. The van der Waals surface area contributed by atoms with Gasteiger partial charge in [0.1, 0.15) is 11.5 Å². The molecule has 6 nitrogen and oxygen atoms in total. The van der Waals surface area contributed by atoms with Crippen molar-refractivity contribution in [3.63, 3.8) is 0 Å². The summed E-state index contributed by atoms with van der Waals surface area (Å²) in [5, 5.41) is 2.64. The van der Waals surface area contributed by atoms with Crippen LogP contribution in [0.5, 0.6) is 11.5 Å². The predicted octanol–water partition coefficient (Wildman–Crippen LogP) is 3.15. The highest BCUT2D eigenvalue weighted by atomic mass is 16.7. The van der Waals surface area contributed by atoms with Crippen molar-refractivity contribution in [2.24, 2.45) is 0 Å². The molecule has 6 heteroatoms. The normalized spacial score (nSPS) is 13.0. The summed E-state index contributed by atoms with van der Waals surface area (Å²) in [6, 6.07) is 6.15. The summed E-state index contributed by atoms with van der Waals surface area (Å²) < 4.78 is 14.3. The molecule has 0 unspecified atom stereocenters. The first kappa shape index (κ1) is 14.6. The average Bonchev–Trinajstić information content (AvgIpc) is 2.84. The molecular weight excluding hydrogens is 274 g/mol. The number of carbonyl (C=O) groups excluding carboxylic acids is 2. The summed E-state index contributed by atoms with van der Waals surface area (Å²) in [5.41, 5.74) is 1.94. The average molecular weight is 289 g/mol. The van der Waals surface area contributed by atoms with Crippen LogP contribution in [0.15, 0.2) is 47.7 Å². The Hall–Kier alpha value is -2.76. The molecule has 0 heterocycles. The van der Waals surface area contributed by atoms with Crippen LogP contribution >= 0.6 is 0 Å². The van der Waals surface area contributed by atoms with Crippen molar-refractivity contribution in [1.29, 1.82) is 0 Å². The van der Waals surface area contributed by atoms with Crippen molar-refractivity contribution >= 4 is 12.2 Å². The summed E-state index contributed by atoms with van der Waals surface area (Å²) in [7, 11) is 1.21. The number of carbonyl (C=O) groups is 2. The molecule has 0 spiro atoms. The molecule has 1 N–H and O–H groups in total. The SMILES string of the molecule is COC(=O)Oc1cccc(OC(=O)NC2=CC=C(C)C2)c1. The van der Waals surface area contributed by atoms with Crippen LogP contribution in [-0.4, -0.2) is 19.4 Å². The van der Waals surface area contributed by atoms with Crippen LogP contribution in [0.1, 0.15) is 13.3 Å². The van der Waals surface area contributed by atoms with E-state index in [0.717, 1.165) is 5.70 Å². The minimum atomic E-state index is -0.839. The number of ether oxygens (including phenoxy) is 3. The maximum atomic E-state index is 11.7. The number of hydrogen-bond donors (Lipinski definition) is 1. The largest absolute Gasteiger partial charge is 0.513 e. The van der Waals surface area contributed by atoms with Gasteiger partial charge in [0, 0.05) is 18.2 Å². The van der Waals surface area contributed by atoms with Gasteiger partial charge >= 0.3 is 12.2 Å². The van der Waals surface area contributed by atoms with Gasteiger partial charge < -0.3 is 14.2 Å². The van der Waals surface area contributed by atoms with Gasteiger partial charge in [0.15, 0.2) is 0 Å². The zero-order valence-corrected chi connectivity index (χ0v) is 11.7. The summed E-state index contributed by atoms with van der Waals surface area (Å²) >= 11 is 0. The molecule has 110 valence electrons. The van der Waals surface area contributed by atoms with Gasteiger partial charge in [-0.25, -0.2) is 9.59 Å². The van der Waals surface area contributed by atoms with E-state index in [1.807, 2.05) is 19.1 Å². The minimum Gasteiger partial charge on any atom is -0.437 e. The van der Waals surface area contributed by atoms with Gasteiger partial charge in [-0.3, -0.25) is 5.32 Å². The molecule has 0 aliphatic heterocycles. The van der Waals surface area contributed by atoms with Crippen LogP contribution in [0.3, 0.4) is 0 Å². The fraction of sp³-hybridized carbons (Fsp3) is 0.200. The third-order valence-electron chi connectivity index (χ3n) is 2.68. The van der Waals surface area contributed by atoms with Crippen molar-refractivity contribution in [1.82, 2.24) is 5.32 Å². The van der Waals surface area contributed by atoms with Gasteiger partial charge in [-0.2, -0.15) is 0 Å². The Labute approximate surface area is 122 Å². The topological polar surface area (TPSA) is 73.9 Å². The molecule has 0 bridgehead atoms. The van der Waals surface area contributed by atoms with Crippen LogP contribution in [0.25, 0.3) is 0 Å². The fourth-order valence-electron chi connectivity index (χ4n) is 1.75. The molecule has 0 saturated carbocycles. The number of rotatable bonds is 3. The lowest BCUT2D eigenvalue weighted by Crippen LogP contribution is -2.25. The number of nitrogens with one attached hydrogen (secondary N) is 1. The molecule has 0 atom stereocenters. The maximum absolute atomic E-state index is 11.7. The minimum absolute atomic E-state index is 0.227. The van der Waals surface area contributed by atoms with Crippen LogP contribution in [0.2, 0.25) is 0 Å². The highest BCUT2D eigenvalue weighted by Gasteiger charge is 2.11. The van der Waals surface area contributed by atoms with Crippen molar-refractivity contribution < 1.29 is 23.8 Å². The predicted molar refractivity (Wildman–Crippen MR) is 75.1 cm³/mol. The summed E-state index contributed by atoms with van der Waals surface area (Å²) in [5.74, 6) is 0.488. The monoisotopic (exact) mass is 289 g/mol. The van der Waals surface area contributed by atoms with Crippen molar-refractivity contribution in [3.05, 3.63) is 47.7 Å². The van der Waals surface area contributed by atoms with E-state index in [1.165, 1.54) is 18.7 Å². The standard InChI is InChI=1S/C15H15NO5/c1-10-6-7-11(8-10)16-14(17)20-12-4-3-5-13(9-12)21-15(18)19-2/h3-7,9H,8H2,1-2H3,(H,16,17). The highest BCUT2D eigenvalue weighted by molar-refractivity contribution is 5.73. The lowest BCUT2D eigenvalue weighted by Gasteiger charge is -2.08. The van der Waals surface area contributed by atoms with E-state index in [9.17, 15) is 9.59 Å². The van der Waals surface area contributed by atoms with E-state index in [0.29, 0.717) is 6.42 Å². The lowest BCUT2D eigenvalue weighted by atomic mass is 10.2. The van der Waals surface area contributed by atoms with E-state index in [4.69, 9.17) is 9.47 Å². The molecule has 1 aromatic carbocycles. The summed E-state index contributed by atoms with van der Waals surface area (Å²) in [6.07, 6.45) is 3.02. The third-order valence-corrected chi connectivity index (χ3v) is 2.68. The first-order chi connectivity index (χ1) is 10.1. The van der Waals surface area contributed by atoms with Crippen molar-refractivity contribution in [2.45, 2.75) is 13.3 Å². The van der Waals surface area contributed by atoms with Gasteiger partial charge in [0.2, 0.25) is 0 Å². The second kappa shape index (κ2) is 6.60. The molecule has 21 heavy (non-hydrogen) atoms. The smallest absolute Gasteiger partial charge is 0.437 e. The molecule has 1 aliphatic rings. The van der Waals surface area contributed by atoms with Crippen molar-refractivity contribution in [2.75, 3.05) is 7.11 Å². The number of benzene rings is 1. The van der Waals surface area contributed by atoms with Crippen LogP contribution in [-0.2, 0) is 4.74 Å². The first-order valence-electron chi connectivity index (χ1n) is 6.28. The fourth-order valence-corrected chi connectivity index (χ4v) is 1.75. The van der Waals surface area contributed by atoms with E-state index in [-0.39, 0.29) is 11.5 Å². The zero-order valence-electron chi connectivity index (χ0n) is 11.7. The van der Waals surface area contributed by atoms with Crippen LogP contribution in [0.4, 0.5) is 9.59 Å². The van der Waals surface area contributed by atoms with Gasteiger partial charge in [0.25, 0.3) is 0 Å². The molecule has 1 amide bonds. The first-order valence-corrected chi connectivity index (χ1v) is 6.28. The molecule has 1 aliphatic carbocycles. The van der Waals surface area contributed by atoms with E-state index < -0.39 is 12.2 Å². The Kier molecular flexibility index (Phi) is 4.61. The van der Waals surface area contributed by atoms with E-state index in [1.54, 1.807) is 18.2 Å². The quantitative estimate of drug-likeness (QED) is 0.683. The van der Waals surface area contributed by atoms with Gasteiger partial charge in [0.05, 0.1) is 7.11 Å². The molecule has 0 saturated heterocycles. The third kappa shape index (κ3) is 4.38. The Balaban J connectivity index is 1.92. The van der Waals surface area contributed by atoms with Crippen LogP contribution < -0.4 is 14.8 Å². The lowest BCUT2D eigenvalue weighted by molar-refractivity contribution is 0.121. The number of hydrogen-bond acceptors (Lipinski definition) is 5. The molecule has 2 rings (SSSR count). The Bertz CT molecular complexity index is 618. The highest BCUT2D eigenvalue weighted by Crippen LogP contribution is 2.20. The number of amides is 1. The van der Waals surface area contributed by atoms with Gasteiger partial charge in [-0.05, 0) is 25.1 Å². The molecule has 0 aromatic heterocycles. The second-order valence-corrected chi connectivity index (χ2v) is 4.43. The Morgan fingerprint density at radius 3 is 2.48 bits per heavy atom. The van der Waals surface area contributed by atoms with Gasteiger partial charge in [-0.1, -0.05) is 17.7 Å². The second-order valence-electron chi connectivity index (χ2n) is 4.43. The Morgan fingerprint density at radius 1 is 1.14 bits per heavy atom.